The molecule has 0 spiro atoms. The van der Waals surface area contributed by atoms with Gasteiger partial charge in [0, 0.05) is 30.5 Å². The fourth-order valence-corrected chi connectivity index (χ4v) is 5.34. The molecule has 1 aliphatic carbocycles. The number of nitrogens with one attached hydrogen (secondary N) is 1. The summed E-state index contributed by atoms with van der Waals surface area (Å²) < 4.78 is 2.21. The van der Waals surface area contributed by atoms with Crippen LogP contribution in [0, 0.1) is 12.8 Å². The lowest BCUT2D eigenvalue weighted by atomic mass is 10.1. The van der Waals surface area contributed by atoms with Crippen molar-refractivity contribution in [3.8, 4) is 0 Å². The molecule has 0 unspecified atom stereocenters. The minimum Gasteiger partial charge on any atom is -0.393 e. The first kappa shape index (κ1) is 20.8. The first-order valence-corrected chi connectivity index (χ1v) is 11.8. The van der Waals surface area contributed by atoms with Gasteiger partial charge in [0.05, 0.1) is 16.5 Å². The van der Waals surface area contributed by atoms with Crippen molar-refractivity contribution in [3.05, 3.63) is 76.0 Å². The Morgan fingerprint density at radius 3 is 2.97 bits per heavy atom. The van der Waals surface area contributed by atoms with E-state index in [0.717, 1.165) is 12.0 Å². The third-order valence-electron chi connectivity index (χ3n) is 6.30. The van der Waals surface area contributed by atoms with Crippen LogP contribution >= 0.6 is 11.3 Å². The number of anilines is 1. The molecule has 0 saturated heterocycles. The topological polar surface area (TPSA) is 80.0 Å². The largest absolute Gasteiger partial charge is 0.393 e. The molecule has 1 aromatic carbocycles. The number of hydrogen-bond acceptors (Lipinski definition) is 6. The third kappa shape index (κ3) is 4.06. The lowest BCUT2D eigenvalue weighted by Gasteiger charge is -2.15. The van der Waals surface area contributed by atoms with E-state index >= 15 is 0 Å². The summed E-state index contributed by atoms with van der Waals surface area (Å²) in [5.74, 6) is 0.698. The maximum atomic E-state index is 13.3. The number of ketones is 1. The summed E-state index contributed by atoms with van der Waals surface area (Å²) in [4.78, 5) is 22.4. The quantitative estimate of drug-likeness (QED) is 0.422. The molecule has 7 heteroatoms. The number of aromatic nitrogens is 3. The van der Waals surface area contributed by atoms with Crippen LogP contribution in [0.5, 0.6) is 0 Å². The monoisotopic (exact) mass is 446 g/mol. The van der Waals surface area contributed by atoms with Gasteiger partial charge in [-0.2, -0.15) is 0 Å². The highest BCUT2D eigenvalue weighted by molar-refractivity contribution is 7.12. The summed E-state index contributed by atoms with van der Waals surface area (Å²) in [6.07, 6.45) is 6.31. The van der Waals surface area contributed by atoms with Crippen LogP contribution in [0.2, 0.25) is 0 Å². The van der Waals surface area contributed by atoms with Crippen molar-refractivity contribution in [2.24, 2.45) is 5.92 Å². The summed E-state index contributed by atoms with van der Waals surface area (Å²) in [6, 6.07) is 10.6. The SMILES string of the molecule is Cc1ccc2ccn(Cc3csc(C(=O)c4cncnc4N[C@@H]4C[C@@H](C)[C@@H](O)C4)c3)c2c1. The van der Waals surface area contributed by atoms with Crippen molar-refractivity contribution >= 4 is 33.8 Å². The summed E-state index contributed by atoms with van der Waals surface area (Å²) in [6.45, 7) is 4.85. The van der Waals surface area contributed by atoms with E-state index in [1.54, 1.807) is 6.20 Å². The van der Waals surface area contributed by atoms with Gasteiger partial charge in [-0.05, 0) is 65.8 Å². The number of hydrogen-bond donors (Lipinski definition) is 2. The number of thiophene rings is 1. The number of aliphatic hydroxyl groups is 1. The molecule has 6 nitrogen and oxygen atoms in total. The lowest BCUT2D eigenvalue weighted by molar-refractivity contribution is 0.104. The Bertz CT molecular complexity index is 1270. The molecule has 0 radical (unpaired) electrons. The van der Waals surface area contributed by atoms with Crippen molar-refractivity contribution in [2.45, 2.75) is 45.4 Å². The van der Waals surface area contributed by atoms with Crippen molar-refractivity contribution in [2.75, 3.05) is 5.32 Å². The Morgan fingerprint density at radius 1 is 1.28 bits per heavy atom. The highest BCUT2D eigenvalue weighted by Gasteiger charge is 2.30. The van der Waals surface area contributed by atoms with Gasteiger partial charge in [0.2, 0.25) is 5.78 Å². The van der Waals surface area contributed by atoms with E-state index < -0.39 is 0 Å². The van der Waals surface area contributed by atoms with Crippen molar-refractivity contribution in [1.82, 2.24) is 14.5 Å². The minimum absolute atomic E-state index is 0.0795. The lowest BCUT2D eigenvalue weighted by Crippen LogP contribution is -2.20. The van der Waals surface area contributed by atoms with E-state index in [1.807, 2.05) is 18.4 Å². The van der Waals surface area contributed by atoms with Gasteiger partial charge in [-0.3, -0.25) is 4.79 Å². The molecule has 4 aromatic rings. The zero-order valence-corrected chi connectivity index (χ0v) is 19.0. The molecule has 2 N–H and O–H groups in total. The number of benzene rings is 1. The van der Waals surface area contributed by atoms with E-state index in [1.165, 1.54) is 34.1 Å². The third-order valence-corrected chi connectivity index (χ3v) is 7.27. The Balaban J connectivity index is 1.35. The number of fused-ring (bicyclic) bond motifs is 1. The van der Waals surface area contributed by atoms with Gasteiger partial charge < -0.3 is 15.0 Å². The molecule has 1 saturated carbocycles. The van der Waals surface area contributed by atoms with Gasteiger partial charge in [-0.15, -0.1) is 11.3 Å². The number of aryl methyl sites for hydroxylation is 1. The molecular formula is C25H26N4O2S. The maximum Gasteiger partial charge on any atom is 0.208 e. The number of aliphatic hydroxyl groups excluding tert-OH is 1. The smallest absolute Gasteiger partial charge is 0.208 e. The van der Waals surface area contributed by atoms with Crippen molar-refractivity contribution in [3.63, 3.8) is 0 Å². The predicted molar refractivity (Wildman–Crippen MR) is 127 cm³/mol. The van der Waals surface area contributed by atoms with Crippen LogP contribution in [0.1, 0.15) is 46.1 Å². The molecule has 0 amide bonds. The van der Waals surface area contributed by atoms with Crippen LogP contribution in [-0.2, 0) is 6.54 Å². The number of nitrogens with zero attached hydrogens (tertiary/aromatic N) is 3. The first-order valence-electron chi connectivity index (χ1n) is 10.9. The molecule has 1 fully saturated rings. The molecule has 3 atom stereocenters. The van der Waals surface area contributed by atoms with Crippen LogP contribution < -0.4 is 5.32 Å². The number of carbonyl (C=O) groups is 1. The fraction of sp³-hybridized carbons (Fsp3) is 0.320. The van der Waals surface area contributed by atoms with Crippen molar-refractivity contribution in [1.29, 1.82) is 0 Å². The highest BCUT2D eigenvalue weighted by Crippen LogP contribution is 2.30. The molecule has 32 heavy (non-hydrogen) atoms. The maximum absolute atomic E-state index is 13.3. The summed E-state index contributed by atoms with van der Waals surface area (Å²) in [5.41, 5.74) is 3.99. The van der Waals surface area contributed by atoms with Gasteiger partial charge in [0.1, 0.15) is 12.1 Å². The highest BCUT2D eigenvalue weighted by atomic mass is 32.1. The zero-order valence-electron chi connectivity index (χ0n) is 18.2. The van der Waals surface area contributed by atoms with E-state index in [-0.39, 0.29) is 23.8 Å². The Morgan fingerprint density at radius 2 is 2.16 bits per heavy atom. The molecule has 3 aromatic heterocycles. The normalized spacial score (nSPS) is 20.7. The Hall–Kier alpha value is -3.03. The molecule has 1 aliphatic rings. The molecule has 164 valence electrons. The van der Waals surface area contributed by atoms with Crippen molar-refractivity contribution < 1.29 is 9.90 Å². The summed E-state index contributed by atoms with van der Waals surface area (Å²) >= 11 is 1.45. The van der Waals surface area contributed by atoms with E-state index in [9.17, 15) is 9.90 Å². The average molecular weight is 447 g/mol. The van der Waals surface area contributed by atoms with Gasteiger partial charge in [-0.25, -0.2) is 9.97 Å². The molecule has 0 aliphatic heterocycles. The number of carbonyl (C=O) groups excluding carboxylic acids is 1. The Kier molecular flexibility index (Phi) is 5.53. The van der Waals surface area contributed by atoms with Gasteiger partial charge in [-0.1, -0.05) is 19.1 Å². The van der Waals surface area contributed by atoms with E-state index in [0.29, 0.717) is 29.2 Å². The van der Waals surface area contributed by atoms with Gasteiger partial charge >= 0.3 is 0 Å². The fourth-order valence-electron chi connectivity index (χ4n) is 4.49. The summed E-state index contributed by atoms with van der Waals surface area (Å²) in [5, 5.41) is 16.7. The standard InChI is InChI=1S/C25H26N4O2S/c1-15-3-4-18-5-6-29(21(18)7-15)12-17-9-23(32-13-17)24(31)20-11-26-14-27-25(20)28-19-8-16(2)22(30)10-19/h3-7,9,11,13-14,16,19,22,30H,8,10,12H2,1-2H3,(H,26,27,28)/t16-,19-,22+/m1/s1. The molecule has 3 heterocycles. The van der Waals surface area contributed by atoms with Crippen LogP contribution in [0.4, 0.5) is 5.82 Å². The number of rotatable bonds is 6. The van der Waals surface area contributed by atoms with Crippen LogP contribution in [0.25, 0.3) is 10.9 Å². The zero-order chi connectivity index (χ0) is 22.2. The second kappa shape index (κ2) is 8.48. The van der Waals surface area contributed by atoms with Crippen LogP contribution in [0.15, 0.2) is 54.4 Å². The van der Waals surface area contributed by atoms with Gasteiger partial charge in [0.15, 0.2) is 0 Å². The molecular weight excluding hydrogens is 420 g/mol. The van der Waals surface area contributed by atoms with E-state index in [2.05, 4.69) is 57.2 Å². The van der Waals surface area contributed by atoms with Crippen LogP contribution in [0.3, 0.4) is 0 Å². The predicted octanol–water partition coefficient (Wildman–Crippen LogP) is 4.65. The summed E-state index contributed by atoms with van der Waals surface area (Å²) in [7, 11) is 0. The van der Waals surface area contributed by atoms with Crippen LogP contribution in [-0.4, -0.2) is 37.6 Å². The Labute approximate surface area is 191 Å². The van der Waals surface area contributed by atoms with E-state index in [4.69, 9.17) is 0 Å². The van der Waals surface area contributed by atoms with Gasteiger partial charge in [0.25, 0.3) is 0 Å². The minimum atomic E-state index is -0.318. The first-order chi connectivity index (χ1) is 15.5. The second-order valence-corrected chi connectivity index (χ2v) is 9.71. The molecule has 5 rings (SSSR count). The average Bonchev–Trinajstić information content (AvgIpc) is 3.48. The molecule has 0 bridgehead atoms. The second-order valence-electron chi connectivity index (χ2n) is 8.80.